The van der Waals surface area contributed by atoms with Crippen molar-refractivity contribution in [2.24, 2.45) is 0 Å². The molecule has 110 valence electrons. The number of likely N-dealkylation sites (tertiary alicyclic amines) is 2. The highest BCUT2D eigenvalue weighted by Crippen LogP contribution is 2.10. The maximum atomic E-state index is 11.6. The van der Waals surface area contributed by atoms with Crippen LogP contribution in [0.1, 0.15) is 32.6 Å². The van der Waals surface area contributed by atoms with Gasteiger partial charge in [-0.2, -0.15) is 0 Å². The highest BCUT2D eigenvalue weighted by atomic mass is 16.6. The van der Waals surface area contributed by atoms with E-state index in [1.165, 1.54) is 25.9 Å². The van der Waals surface area contributed by atoms with Crippen molar-refractivity contribution < 1.29 is 9.53 Å². The zero-order valence-electron chi connectivity index (χ0n) is 12.1. The molecular weight excluding hydrogens is 242 g/mol. The van der Waals surface area contributed by atoms with Crippen molar-refractivity contribution >= 4 is 6.09 Å². The Hall–Kier alpha value is -0.810. The van der Waals surface area contributed by atoms with Gasteiger partial charge in [0.15, 0.2) is 0 Å². The van der Waals surface area contributed by atoms with Crippen molar-refractivity contribution in [3.05, 3.63) is 0 Å². The molecule has 1 amide bonds. The van der Waals surface area contributed by atoms with E-state index < -0.39 is 0 Å². The smallest absolute Gasteiger partial charge is 0.409 e. The van der Waals surface area contributed by atoms with Crippen molar-refractivity contribution in [2.75, 3.05) is 45.9 Å². The SMILES string of the molecule is CCCCOC(=O)N1CC(NCCN2CCCC2)C1. The van der Waals surface area contributed by atoms with Crippen LogP contribution in [0.25, 0.3) is 0 Å². The Morgan fingerprint density at radius 3 is 2.74 bits per heavy atom. The van der Waals surface area contributed by atoms with Gasteiger partial charge in [0.1, 0.15) is 0 Å². The van der Waals surface area contributed by atoms with Gasteiger partial charge in [-0.3, -0.25) is 0 Å². The van der Waals surface area contributed by atoms with Crippen molar-refractivity contribution in [3.63, 3.8) is 0 Å². The Bertz CT molecular complexity index is 274. The first-order valence-electron chi connectivity index (χ1n) is 7.67. The lowest BCUT2D eigenvalue weighted by Crippen LogP contribution is -2.60. The largest absolute Gasteiger partial charge is 0.449 e. The Kier molecular flexibility index (Phi) is 5.92. The Balaban J connectivity index is 1.47. The quantitative estimate of drug-likeness (QED) is 0.708. The molecule has 2 heterocycles. The molecule has 19 heavy (non-hydrogen) atoms. The van der Waals surface area contributed by atoms with Gasteiger partial charge < -0.3 is 19.9 Å². The average Bonchev–Trinajstić information content (AvgIpc) is 2.85. The van der Waals surface area contributed by atoms with Crippen molar-refractivity contribution in [1.29, 1.82) is 0 Å². The highest BCUT2D eigenvalue weighted by molar-refractivity contribution is 5.68. The van der Waals surface area contributed by atoms with Crippen molar-refractivity contribution in [1.82, 2.24) is 15.1 Å². The number of nitrogens with one attached hydrogen (secondary N) is 1. The first kappa shape index (κ1) is 14.6. The van der Waals surface area contributed by atoms with Crippen LogP contribution in [0.3, 0.4) is 0 Å². The zero-order valence-corrected chi connectivity index (χ0v) is 12.1. The maximum absolute atomic E-state index is 11.6. The number of unbranched alkanes of at least 4 members (excludes halogenated alkanes) is 1. The molecule has 0 atom stereocenters. The van der Waals surface area contributed by atoms with Crippen LogP contribution in [0, 0.1) is 0 Å². The third-order valence-corrected chi connectivity index (χ3v) is 3.92. The molecule has 0 unspecified atom stereocenters. The van der Waals surface area contributed by atoms with Crippen LogP contribution >= 0.6 is 0 Å². The first-order chi connectivity index (χ1) is 9.29. The van der Waals surface area contributed by atoms with E-state index in [0.29, 0.717) is 12.6 Å². The molecule has 5 heteroatoms. The van der Waals surface area contributed by atoms with Gasteiger partial charge in [0, 0.05) is 32.2 Å². The summed E-state index contributed by atoms with van der Waals surface area (Å²) in [6.07, 6.45) is 4.57. The van der Waals surface area contributed by atoms with Gasteiger partial charge in [0.25, 0.3) is 0 Å². The summed E-state index contributed by atoms with van der Waals surface area (Å²) in [7, 11) is 0. The van der Waals surface area contributed by atoms with E-state index in [0.717, 1.165) is 39.0 Å². The fourth-order valence-electron chi connectivity index (χ4n) is 2.58. The average molecular weight is 269 g/mol. The molecule has 2 aliphatic heterocycles. The minimum atomic E-state index is -0.147. The monoisotopic (exact) mass is 269 g/mol. The molecule has 0 aromatic heterocycles. The normalized spacial score (nSPS) is 20.6. The summed E-state index contributed by atoms with van der Waals surface area (Å²) in [4.78, 5) is 15.9. The van der Waals surface area contributed by atoms with Crippen molar-refractivity contribution in [3.8, 4) is 0 Å². The minimum absolute atomic E-state index is 0.147. The van der Waals surface area contributed by atoms with Crippen LogP contribution in [-0.2, 0) is 4.74 Å². The lowest BCUT2D eigenvalue weighted by molar-refractivity contribution is 0.0638. The number of hydrogen-bond donors (Lipinski definition) is 1. The lowest BCUT2D eigenvalue weighted by atomic mass is 10.1. The fourth-order valence-corrected chi connectivity index (χ4v) is 2.58. The summed E-state index contributed by atoms with van der Waals surface area (Å²) in [6, 6.07) is 0.460. The van der Waals surface area contributed by atoms with Crippen LogP contribution in [-0.4, -0.2) is 67.8 Å². The number of ether oxygens (including phenoxy) is 1. The third kappa shape index (κ3) is 4.66. The molecule has 2 fully saturated rings. The molecule has 2 rings (SSSR count). The van der Waals surface area contributed by atoms with E-state index >= 15 is 0 Å². The third-order valence-electron chi connectivity index (χ3n) is 3.92. The van der Waals surface area contributed by atoms with Gasteiger partial charge in [-0.1, -0.05) is 13.3 Å². The second-order valence-corrected chi connectivity index (χ2v) is 5.57. The van der Waals surface area contributed by atoms with Gasteiger partial charge >= 0.3 is 6.09 Å². The summed E-state index contributed by atoms with van der Waals surface area (Å²) >= 11 is 0. The molecule has 0 radical (unpaired) electrons. The van der Waals surface area contributed by atoms with Crippen molar-refractivity contribution in [2.45, 2.75) is 38.6 Å². The number of amides is 1. The summed E-state index contributed by atoms with van der Waals surface area (Å²) in [5.41, 5.74) is 0. The van der Waals surface area contributed by atoms with E-state index in [1.54, 1.807) is 4.90 Å². The first-order valence-corrected chi connectivity index (χ1v) is 7.67. The zero-order chi connectivity index (χ0) is 13.5. The van der Waals surface area contributed by atoms with Crippen LogP contribution in [0.5, 0.6) is 0 Å². The van der Waals surface area contributed by atoms with Crippen LogP contribution in [0.15, 0.2) is 0 Å². The van der Waals surface area contributed by atoms with E-state index in [2.05, 4.69) is 17.1 Å². The summed E-state index contributed by atoms with van der Waals surface area (Å²) < 4.78 is 5.17. The van der Waals surface area contributed by atoms with Crippen LogP contribution in [0.4, 0.5) is 4.79 Å². The second kappa shape index (κ2) is 7.70. The second-order valence-electron chi connectivity index (χ2n) is 5.57. The predicted octanol–water partition coefficient (Wildman–Crippen LogP) is 1.29. The standard InChI is InChI=1S/C14H27N3O2/c1-2-3-10-19-14(18)17-11-13(12-17)15-6-9-16-7-4-5-8-16/h13,15H,2-12H2,1H3. The van der Waals surface area contributed by atoms with E-state index in [4.69, 9.17) is 4.74 Å². The molecule has 1 N–H and O–H groups in total. The number of carbonyl (C=O) groups excluding carboxylic acids is 1. The molecule has 0 saturated carbocycles. The number of nitrogens with zero attached hydrogens (tertiary/aromatic N) is 2. The summed E-state index contributed by atoms with van der Waals surface area (Å²) in [5.74, 6) is 0. The molecule has 0 bridgehead atoms. The van der Waals surface area contributed by atoms with Crippen LogP contribution < -0.4 is 5.32 Å². The fraction of sp³-hybridized carbons (Fsp3) is 0.929. The molecule has 0 aliphatic carbocycles. The molecule has 2 saturated heterocycles. The van der Waals surface area contributed by atoms with E-state index in [-0.39, 0.29) is 6.09 Å². The summed E-state index contributed by atoms with van der Waals surface area (Å²) in [6.45, 7) is 8.91. The Morgan fingerprint density at radius 1 is 1.32 bits per heavy atom. The molecule has 5 nitrogen and oxygen atoms in total. The highest BCUT2D eigenvalue weighted by Gasteiger charge is 2.31. The van der Waals surface area contributed by atoms with Gasteiger partial charge in [0.05, 0.1) is 6.61 Å². The van der Waals surface area contributed by atoms with Crippen LogP contribution in [0.2, 0.25) is 0 Å². The number of rotatable bonds is 7. The molecular formula is C14H27N3O2. The van der Waals surface area contributed by atoms with E-state index in [9.17, 15) is 4.79 Å². The molecule has 0 spiro atoms. The van der Waals surface area contributed by atoms with Gasteiger partial charge in [-0.15, -0.1) is 0 Å². The topological polar surface area (TPSA) is 44.8 Å². The van der Waals surface area contributed by atoms with E-state index in [1.807, 2.05) is 0 Å². The predicted molar refractivity (Wildman–Crippen MR) is 75.3 cm³/mol. The molecule has 0 aromatic carbocycles. The molecule has 2 aliphatic rings. The number of hydrogen-bond acceptors (Lipinski definition) is 4. The van der Waals surface area contributed by atoms with Gasteiger partial charge in [-0.25, -0.2) is 4.79 Å². The lowest BCUT2D eigenvalue weighted by Gasteiger charge is -2.39. The Morgan fingerprint density at radius 2 is 2.05 bits per heavy atom. The van der Waals surface area contributed by atoms with Gasteiger partial charge in [-0.05, 0) is 32.4 Å². The number of carbonyl (C=O) groups is 1. The minimum Gasteiger partial charge on any atom is -0.449 e. The van der Waals surface area contributed by atoms with Gasteiger partial charge in [0.2, 0.25) is 0 Å². The molecule has 0 aromatic rings. The summed E-state index contributed by atoms with van der Waals surface area (Å²) in [5, 5.41) is 3.51. The Labute approximate surface area is 116 Å². The maximum Gasteiger partial charge on any atom is 0.409 e.